The van der Waals surface area contributed by atoms with Gasteiger partial charge in [-0.1, -0.05) is 30.3 Å². The number of anilines is 1. The van der Waals surface area contributed by atoms with Crippen molar-refractivity contribution >= 4 is 23.5 Å². The van der Waals surface area contributed by atoms with Gasteiger partial charge in [0.05, 0.1) is 16.5 Å². The highest BCUT2D eigenvalue weighted by Crippen LogP contribution is 2.38. The van der Waals surface area contributed by atoms with E-state index in [1.54, 1.807) is 12.1 Å². The molecule has 4 rings (SSSR count). The zero-order valence-electron chi connectivity index (χ0n) is 18.5. The van der Waals surface area contributed by atoms with E-state index in [9.17, 15) is 18.8 Å². The third-order valence-corrected chi connectivity index (χ3v) is 5.65. The number of carboxylic acid groups (broad SMARTS) is 1. The van der Waals surface area contributed by atoms with Crippen LogP contribution in [0.25, 0.3) is 0 Å². The number of nitriles is 1. The van der Waals surface area contributed by atoms with Gasteiger partial charge in [-0.2, -0.15) is 19.0 Å². The van der Waals surface area contributed by atoms with Crippen molar-refractivity contribution in [2.24, 2.45) is 0 Å². The van der Waals surface area contributed by atoms with E-state index in [1.807, 2.05) is 24.3 Å². The van der Waals surface area contributed by atoms with Crippen LogP contribution < -0.4 is 15.2 Å². The minimum absolute atomic E-state index is 0.0864. The largest absolute Gasteiger partial charge is 0.485 e. The molecule has 9 nitrogen and oxygen atoms in total. The van der Waals surface area contributed by atoms with E-state index in [-0.39, 0.29) is 40.6 Å². The van der Waals surface area contributed by atoms with Gasteiger partial charge in [-0.25, -0.2) is 19.2 Å². The highest BCUT2D eigenvalue weighted by atomic mass is 32.2. The monoisotopic (exact) mass is 525 g/mol. The maximum absolute atomic E-state index is 15.3. The summed E-state index contributed by atoms with van der Waals surface area (Å²) in [6, 6.07) is 15.0. The van der Waals surface area contributed by atoms with Gasteiger partial charge in [0.15, 0.2) is 22.5 Å². The molecule has 0 aliphatic carbocycles. The average Bonchev–Trinajstić information content (AvgIpc) is 2.89. The number of rotatable bonds is 8. The molecule has 0 unspecified atom stereocenters. The van der Waals surface area contributed by atoms with E-state index in [1.165, 1.54) is 18.2 Å². The normalized spacial score (nSPS) is 10.5. The lowest BCUT2D eigenvalue weighted by Gasteiger charge is -2.14. The van der Waals surface area contributed by atoms with Crippen LogP contribution in [0.5, 0.6) is 17.4 Å². The van der Waals surface area contributed by atoms with E-state index < -0.39 is 45.7 Å². The van der Waals surface area contributed by atoms with Crippen molar-refractivity contribution in [3.05, 3.63) is 89.0 Å². The highest BCUT2D eigenvalue weighted by Gasteiger charge is 2.25. The molecule has 13 heteroatoms. The van der Waals surface area contributed by atoms with Crippen LogP contribution in [0.2, 0.25) is 0 Å². The van der Waals surface area contributed by atoms with Gasteiger partial charge in [-0.15, -0.1) is 0 Å². The molecule has 0 aliphatic rings. The second kappa shape index (κ2) is 10.8. The van der Waals surface area contributed by atoms with E-state index in [4.69, 9.17) is 20.3 Å². The lowest BCUT2D eigenvalue weighted by atomic mass is 10.2. The summed E-state index contributed by atoms with van der Waals surface area (Å²) in [6.07, 6.45) is 0.849. The molecule has 0 amide bonds. The van der Waals surface area contributed by atoms with Crippen molar-refractivity contribution in [1.29, 1.82) is 5.26 Å². The molecule has 0 aliphatic heterocycles. The molecular formula is C24H14F3N5O4S. The molecule has 0 spiro atoms. The summed E-state index contributed by atoms with van der Waals surface area (Å²) in [5.74, 6) is -7.62. The number of nitrogen functional groups attached to an aromatic ring is 1. The fourth-order valence-electron chi connectivity index (χ4n) is 2.93. The fourth-order valence-corrected chi connectivity index (χ4v) is 3.71. The first-order chi connectivity index (χ1) is 17.8. The molecule has 4 aromatic rings. The minimum Gasteiger partial charge on any atom is -0.485 e. The topological polar surface area (TPSA) is 144 Å². The number of hydrogen-bond acceptors (Lipinski definition) is 9. The molecule has 2 aromatic carbocycles. The summed E-state index contributed by atoms with van der Waals surface area (Å²) in [5.41, 5.74) is 6.06. The van der Waals surface area contributed by atoms with Crippen LogP contribution in [-0.2, 0) is 6.61 Å². The Kier molecular flexibility index (Phi) is 7.40. The first-order valence-corrected chi connectivity index (χ1v) is 11.0. The van der Waals surface area contributed by atoms with Gasteiger partial charge >= 0.3 is 5.97 Å². The zero-order valence-corrected chi connectivity index (χ0v) is 19.3. The number of carboxylic acids is 1. The highest BCUT2D eigenvalue weighted by molar-refractivity contribution is 7.99. The van der Waals surface area contributed by atoms with E-state index in [0.29, 0.717) is 0 Å². The van der Waals surface area contributed by atoms with Crippen molar-refractivity contribution in [2.75, 3.05) is 5.73 Å². The van der Waals surface area contributed by atoms with Crippen LogP contribution in [0.4, 0.5) is 19.0 Å². The third-order valence-electron chi connectivity index (χ3n) is 4.70. The number of aromatic nitrogens is 3. The summed E-state index contributed by atoms with van der Waals surface area (Å²) in [7, 11) is 0. The first-order valence-electron chi connectivity index (χ1n) is 10.2. The van der Waals surface area contributed by atoms with Gasteiger partial charge in [-0.05, 0) is 29.5 Å². The molecule has 0 bridgehead atoms. The summed E-state index contributed by atoms with van der Waals surface area (Å²) in [6.45, 7) is 0.100. The third kappa shape index (κ3) is 5.71. The van der Waals surface area contributed by atoms with Crippen LogP contribution in [0.3, 0.4) is 0 Å². The molecule has 0 fully saturated rings. The maximum Gasteiger partial charge on any atom is 0.341 e. The number of carbonyl (C=O) groups is 1. The van der Waals surface area contributed by atoms with Crippen molar-refractivity contribution < 1.29 is 32.5 Å². The molecule has 2 aromatic heterocycles. The second-order valence-corrected chi connectivity index (χ2v) is 8.15. The Morgan fingerprint density at radius 2 is 1.84 bits per heavy atom. The van der Waals surface area contributed by atoms with Gasteiger partial charge in [0.2, 0.25) is 5.82 Å². The number of nitrogens with zero attached hydrogens (tertiary/aromatic N) is 4. The summed E-state index contributed by atoms with van der Waals surface area (Å²) >= 11 is 0.245. The van der Waals surface area contributed by atoms with Crippen LogP contribution in [-0.4, -0.2) is 26.0 Å². The SMILES string of the molecule is N#Cc1ccc(OCc2ccccc2)c(Oc2nc(F)c(F)c(Sc3ncc(C(=O)O)c(N)n3)c2F)c1. The molecule has 186 valence electrons. The standard InChI is InChI=1S/C24H14F3N5O4S/c25-17-19(37-24-30-10-14(23(33)34)21(29)32-24)18(26)22(31-20(17)27)36-16-8-13(9-28)6-7-15(16)35-11-12-4-2-1-3-5-12/h1-8,10H,11H2,(H,33,34)(H2,29,30,32). The van der Waals surface area contributed by atoms with Crippen LogP contribution in [0.15, 0.2) is 64.8 Å². The molecule has 3 N–H and O–H groups in total. The number of pyridine rings is 1. The molecule has 37 heavy (non-hydrogen) atoms. The summed E-state index contributed by atoms with van der Waals surface area (Å²) in [5, 5.41) is 17.9. The van der Waals surface area contributed by atoms with Gasteiger partial charge < -0.3 is 20.3 Å². The van der Waals surface area contributed by atoms with Gasteiger partial charge in [-0.3, -0.25) is 0 Å². The van der Waals surface area contributed by atoms with Crippen LogP contribution in [0, 0.1) is 28.9 Å². The predicted molar refractivity (Wildman–Crippen MR) is 124 cm³/mol. The summed E-state index contributed by atoms with van der Waals surface area (Å²) < 4.78 is 55.2. The van der Waals surface area contributed by atoms with Gasteiger partial charge in [0.1, 0.15) is 18.0 Å². The Hall–Kier alpha value is -4.83. The van der Waals surface area contributed by atoms with Crippen LogP contribution >= 0.6 is 11.8 Å². The van der Waals surface area contributed by atoms with Crippen LogP contribution in [0.1, 0.15) is 21.5 Å². The second-order valence-electron chi connectivity index (χ2n) is 7.17. The lowest BCUT2D eigenvalue weighted by molar-refractivity contribution is 0.0697. The van der Waals surface area contributed by atoms with Crippen molar-refractivity contribution in [1.82, 2.24) is 15.0 Å². The number of benzene rings is 2. The average molecular weight is 525 g/mol. The number of nitrogens with two attached hydrogens (primary N) is 1. The first kappa shape index (κ1) is 25.3. The number of aromatic carboxylic acids is 1. The van der Waals surface area contributed by atoms with Crippen molar-refractivity contribution in [3.8, 4) is 23.4 Å². The molecule has 0 atom stereocenters. The van der Waals surface area contributed by atoms with Gasteiger partial charge in [0, 0.05) is 12.3 Å². The molecule has 2 heterocycles. The number of hydrogen-bond donors (Lipinski definition) is 2. The van der Waals surface area contributed by atoms with E-state index >= 15 is 4.39 Å². The fraction of sp³-hybridized carbons (Fsp3) is 0.0417. The Bertz CT molecular complexity index is 1530. The zero-order chi connectivity index (χ0) is 26.5. The number of ether oxygens (including phenoxy) is 2. The Morgan fingerprint density at radius 1 is 1.08 bits per heavy atom. The van der Waals surface area contributed by atoms with Gasteiger partial charge in [0.25, 0.3) is 11.8 Å². The van der Waals surface area contributed by atoms with E-state index in [0.717, 1.165) is 11.8 Å². The molecule has 0 saturated carbocycles. The molecular weight excluding hydrogens is 511 g/mol. The smallest absolute Gasteiger partial charge is 0.341 e. The summed E-state index contributed by atoms with van der Waals surface area (Å²) in [4.78, 5) is 20.7. The Labute approximate surface area is 211 Å². The lowest BCUT2D eigenvalue weighted by Crippen LogP contribution is -2.07. The number of halogens is 3. The minimum atomic E-state index is -1.68. The quantitative estimate of drug-likeness (QED) is 0.239. The van der Waals surface area contributed by atoms with Crippen molar-refractivity contribution in [3.63, 3.8) is 0 Å². The Morgan fingerprint density at radius 3 is 2.51 bits per heavy atom. The maximum atomic E-state index is 15.3. The molecule has 0 radical (unpaired) electrons. The Balaban J connectivity index is 1.67. The predicted octanol–water partition coefficient (Wildman–Crippen LogP) is 4.96. The molecule has 0 saturated heterocycles. The van der Waals surface area contributed by atoms with E-state index in [2.05, 4.69) is 15.0 Å². The van der Waals surface area contributed by atoms with Crippen molar-refractivity contribution in [2.45, 2.75) is 16.7 Å².